The molecule has 0 saturated carbocycles. The van der Waals surface area contributed by atoms with Crippen molar-refractivity contribution in [2.24, 2.45) is 0 Å². The van der Waals surface area contributed by atoms with Crippen LogP contribution in [0.25, 0.3) is 0 Å². The maximum atomic E-state index is 12.0. The Labute approximate surface area is 100 Å². The van der Waals surface area contributed by atoms with Crippen molar-refractivity contribution < 1.29 is 8.42 Å². The van der Waals surface area contributed by atoms with E-state index < -0.39 is 10.0 Å². The zero-order chi connectivity index (χ0) is 12.3. The smallest absolute Gasteiger partial charge is 0.261 e. The lowest BCUT2D eigenvalue weighted by Gasteiger charge is -2.07. The summed E-state index contributed by atoms with van der Waals surface area (Å²) in [6.07, 6.45) is 3.07. The fourth-order valence-corrected chi connectivity index (χ4v) is 2.41. The van der Waals surface area contributed by atoms with Crippen LogP contribution < -0.4 is 4.72 Å². The molecule has 0 aliphatic carbocycles. The highest BCUT2D eigenvalue weighted by Gasteiger charge is 2.13. The van der Waals surface area contributed by atoms with Crippen LogP contribution in [-0.2, 0) is 10.0 Å². The molecule has 0 bridgehead atoms. The highest BCUT2D eigenvalue weighted by molar-refractivity contribution is 7.92. The molecule has 1 N–H and O–H groups in total. The molecule has 5 heteroatoms. The number of pyridine rings is 1. The summed E-state index contributed by atoms with van der Waals surface area (Å²) in [6.45, 7) is 1.91. The average molecular weight is 248 g/mol. The molecule has 88 valence electrons. The summed E-state index contributed by atoms with van der Waals surface area (Å²) in [6, 6.07) is 9.90. The summed E-state index contributed by atoms with van der Waals surface area (Å²) < 4.78 is 26.4. The number of aromatic nitrogens is 1. The van der Waals surface area contributed by atoms with Gasteiger partial charge in [-0.3, -0.25) is 9.71 Å². The minimum atomic E-state index is -3.51. The van der Waals surface area contributed by atoms with Crippen LogP contribution in [0.5, 0.6) is 0 Å². The maximum absolute atomic E-state index is 12.0. The molecular weight excluding hydrogens is 236 g/mol. The molecule has 0 amide bonds. The predicted molar refractivity (Wildman–Crippen MR) is 66.2 cm³/mol. The van der Waals surface area contributed by atoms with Gasteiger partial charge in [0.15, 0.2) is 0 Å². The number of hydrogen-bond acceptors (Lipinski definition) is 3. The number of hydrogen-bond donors (Lipinski definition) is 1. The van der Waals surface area contributed by atoms with E-state index in [1.165, 1.54) is 12.4 Å². The number of anilines is 1. The van der Waals surface area contributed by atoms with Gasteiger partial charge < -0.3 is 0 Å². The minimum Gasteiger partial charge on any atom is -0.280 e. The zero-order valence-electron chi connectivity index (χ0n) is 9.29. The first-order valence-electron chi connectivity index (χ1n) is 5.07. The van der Waals surface area contributed by atoms with E-state index in [2.05, 4.69) is 9.71 Å². The van der Waals surface area contributed by atoms with E-state index in [0.717, 1.165) is 5.56 Å². The summed E-state index contributed by atoms with van der Waals surface area (Å²) >= 11 is 0. The van der Waals surface area contributed by atoms with Crippen molar-refractivity contribution in [2.45, 2.75) is 11.8 Å². The van der Waals surface area contributed by atoms with E-state index in [1.807, 2.05) is 6.92 Å². The molecule has 2 rings (SSSR count). The second-order valence-corrected chi connectivity index (χ2v) is 5.34. The van der Waals surface area contributed by atoms with Gasteiger partial charge in [-0.2, -0.15) is 0 Å². The van der Waals surface area contributed by atoms with Crippen LogP contribution in [-0.4, -0.2) is 13.4 Å². The molecule has 0 fully saturated rings. The molecular formula is C12H12N2O2S. The normalized spacial score (nSPS) is 11.1. The van der Waals surface area contributed by atoms with Gasteiger partial charge in [0.25, 0.3) is 10.0 Å². The first kappa shape index (κ1) is 11.6. The van der Waals surface area contributed by atoms with Gasteiger partial charge in [-0.25, -0.2) is 8.42 Å². The highest BCUT2D eigenvalue weighted by atomic mass is 32.2. The summed E-state index contributed by atoms with van der Waals surface area (Å²) in [5.74, 6) is 0. The SMILES string of the molecule is Cc1ccc(S(=O)(=O)Nc2ccncc2)cc1. The Morgan fingerprint density at radius 1 is 1.00 bits per heavy atom. The molecule has 1 aromatic heterocycles. The van der Waals surface area contributed by atoms with Gasteiger partial charge in [0, 0.05) is 12.4 Å². The van der Waals surface area contributed by atoms with Crippen LogP contribution in [0, 0.1) is 6.92 Å². The lowest BCUT2D eigenvalue weighted by molar-refractivity contribution is 0.601. The Hall–Kier alpha value is -1.88. The van der Waals surface area contributed by atoms with Gasteiger partial charge >= 0.3 is 0 Å². The molecule has 2 aromatic rings. The largest absolute Gasteiger partial charge is 0.280 e. The molecule has 0 aliphatic rings. The molecule has 4 nitrogen and oxygen atoms in total. The number of aryl methyl sites for hydroxylation is 1. The second-order valence-electron chi connectivity index (χ2n) is 3.65. The van der Waals surface area contributed by atoms with Crippen LogP contribution in [0.2, 0.25) is 0 Å². The third kappa shape index (κ3) is 2.82. The van der Waals surface area contributed by atoms with E-state index in [9.17, 15) is 8.42 Å². The number of nitrogens with zero attached hydrogens (tertiary/aromatic N) is 1. The third-order valence-corrected chi connectivity index (χ3v) is 3.66. The van der Waals surface area contributed by atoms with E-state index in [4.69, 9.17) is 0 Å². The Balaban J connectivity index is 2.29. The van der Waals surface area contributed by atoms with Gasteiger partial charge in [0.2, 0.25) is 0 Å². The maximum Gasteiger partial charge on any atom is 0.261 e. The number of nitrogens with one attached hydrogen (secondary N) is 1. The van der Waals surface area contributed by atoms with Crippen molar-refractivity contribution in [1.29, 1.82) is 0 Å². The summed E-state index contributed by atoms with van der Waals surface area (Å²) in [5, 5.41) is 0. The van der Waals surface area contributed by atoms with Crippen molar-refractivity contribution >= 4 is 15.7 Å². The summed E-state index contributed by atoms with van der Waals surface area (Å²) in [7, 11) is -3.51. The molecule has 17 heavy (non-hydrogen) atoms. The van der Waals surface area contributed by atoms with E-state index in [0.29, 0.717) is 5.69 Å². The lowest BCUT2D eigenvalue weighted by atomic mass is 10.2. The van der Waals surface area contributed by atoms with Crippen molar-refractivity contribution in [3.8, 4) is 0 Å². The first-order valence-corrected chi connectivity index (χ1v) is 6.56. The zero-order valence-corrected chi connectivity index (χ0v) is 10.1. The van der Waals surface area contributed by atoms with Crippen molar-refractivity contribution in [2.75, 3.05) is 4.72 Å². The molecule has 1 aromatic carbocycles. The van der Waals surface area contributed by atoms with E-state index in [1.54, 1.807) is 36.4 Å². The fourth-order valence-electron chi connectivity index (χ4n) is 1.35. The first-order chi connectivity index (χ1) is 8.08. The van der Waals surface area contributed by atoms with Crippen LogP contribution in [0.1, 0.15) is 5.56 Å². The highest BCUT2D eigenvalue weighted by Crippen LogP contribution is 2.15. The van der Waals surface area contributed by atoms with Gasteiger partial charge in [-0.05, 0) is 31.2 Å². The predicted octanol–water partition coefficient (Wildman–Crippen LogP) is 2.19. The number of benzene rings is 1. The van der Waals surface area contributed by atoms with Crippen molar-refractivity contribution in [3.63, 3.8) is 0 Å². The van der Waals surface area contributed by atoms with Crippen LogP contribution in [0.4, 0.5) is 5.69 Å². The monoisotopic (exact) mass is 248 g/mol. The molecule has 0 spiro atoms. The second kappa shape index (κ2) is 4.55. The molecule has 1 heterocycles. The van der Waals surface area contributed by atoms with Crippen LogP contribution in [0.3, 0.4) is 0 Å². The molecule has 0 atom stereocenters. The Bertz CT molecular complexity index is 592. The molecule has 0 unspecified atom stereocenters. The van der Waals surface area contributed by atoms with Crippen LogP contribution >= 0.6 is 0 Å². The molecule has 0 radical (unpaired) electrons. The number of rotatable bonds is 3. The molecule has 0 saturated heterocycles. The topological polar surface area (TPSA) is 59.1 Å². The van der Waals surface area contributed by atoms with Gasteiger partial charge in [0.1, 0.15) is 0 Å². The quantitative estimate of drug-likeness (QED) is 0.905. The standard InChI is InChI=1S/C12H12N2O2S/c1-10-2-4-12(5-3-10)17(15,16)14-11-6-8-13-9-7-11/h2-9H,1H3,(H,13,14). The van der Waals surface area contributed by atoms with Gasteiger partial charge in [0.05, 0.1) is 10.6 Å². The van der Waals surface area contributed by atoms with Gasteiger partial charge in [-0.15, -0.1) is 0 Å². The number of sulfonamides is 1. The van der Waals surface area contributed by atoms with Crippen molar-refractivity contribution in [1.82, 2.24) is 4.98 Å². The Morgan fingerprint density at radius 3 is 2.18 bits per heavy atom. The fraction of sp³-hybridized carbons (Fsp3) is 0.0833. The Morgan fingerprint density at radius 2 is 1.59 bits per heavy atom. The average Bonchev–Trinajstić information content (AvgIpc) is 2.30. The van der Waals surface area contributed by atoms with E-state index >= 15 is 0 Å². The third-order valence-electron chi connectivity index (χ3n) is 2.26. The summed E-state index contributed by atoms with van der Waals surface area (Å²) in [4.78, 5) is 4.07. The Kier molecular flexibility index (Phi) is 3.10. The van der Waals surface area contributed by atoms with Crippen LogP contribution in [0.15, 0.2) is 53.7 Å². The lowest BCUT2D eigenvalue weighted by Crippen LogP contribution is -2.12. The molecule has 0 aliphatic heterocycles. The minimum absolute atomic E-state index is 0.250. The van der Waals surface area contributed by atoms with Crippen molar-refractivity contribution in [3.05, 3.63) is 54.4 Å². The van der Waals surface area contributed by atoms with E-state index in [-0.39, 0.29) is 4.90 Å². The van der Waals surface area contributed by atoms with Gasteiger partial charge in [-0.1, -0.05) is 17.7 Å². The summed E-state index contributed by atoms with van der Waals surface area (Å²) in [5.41, 5.74) is 1.52.